The van der Waals surface area contributed by atoms with Gasteiger partial charge in [0, 0.05) is 18.8 Å². The van der Waals surface area contributed by atoms with Gasteiger partial charge in [0.05, 0.1) is 13.2 Å². The molecule has 1 aliphatic heterocycles. The Morgan fingerprint density at radius 2 is 2.00 bits per heavy atom. The second kappa shape index (κ2) is 4.51. The molecule has 0 amide bonds. The van der Waals surface area contributed by atoms with Crippen LogP contribution in [-0.2, 0) is 4.74 Å². The molecule has 0 radical (unpaired) electrons. The van der Waals surface area contributed by atoms with E-state index < -0.39 is 0 Å². The smallest absolute Gasteiger partial charge is 0.0642 e. The van der Waals surface area contributed by atoms with E-state index in [0.717, 1.165) is 32.7 Å². The first-order chi connectivity index (χ1) is 5.70. The van der Waals surface area contributed by atoms with E-state index in [1.54, 1.807) is 0 Å². The molecule has 12 heavy (non-hydrogen) atoms. The van der Waals surface area contributed by atoms with Gasteiger partial charge in [-0.3, -0.25) is 0 Å². The van der Waals surface area contributed by atoms with Crippen LogP contribution in [0.15, 0.2) is 12.3 Å². The summed E-state index contributed by atoms with van der Waals surface area (Å²) >= 11 is 0. The highest BCUT2D eigenvalue weighted by molar-refractivity contribution is 4.95. The summed E-state index contributed by atoms with van der Waals surface area (Å²) in [5, 5.41) is 0. The van der Waals surface area contributed by atoms with Gasteiger partial charge in [0.25, 0.3) is 0 Å². The van der Waals surface area contributed by atoms with Gasteiger partial charge in [0.15, 0.2) is 0 Å². The molecule has 0 bridgehead atoms. The minimum absolute atomic E-state index is 0.709. The lowest BCUT2D eigenvalue weighted by atomic mass is 10.1. The van der Waals surface area contributed by atoms with Crippen molar-refractivity contribution in [3.05, 3.63) is 12.3 Å². The number of rotatable bonds is 3. The third kappa shape index (κ3) is 2.86. The average molecular weight is 169 g/mol. The molecular weight excluding hydrogens is 150 g/mol. The van der Waals surface area contributed by atoms with Crippen LogP contribution < -0.4 is 0 Å². The van der Waals surface area contributed by atoms with Gasteiger partial charge in [0.2, 0.25) is 0 Å². The first-order valence-corrected chi connectivity index (χ1v) is 4.70. The second-order valence-corrected chi connectivity index (χ2v) is 3.76. The molecule has 0 N–H and O–H groups in total. The van der Waals surface area contributed by atoms with Crippen molar-refractivity contribution in [2.45, 2.75) is 20.3 Å². The Kier molecular flexibility index (Phi) is 3.60. The van der Waals surface area contributed by atoms with Gasteiger partial charge in [-0.2, -0.15) is 0 Å². The van der Waals surface area contributed by atoms with E-state index >= 15 is 0 Å². The monoisotopic (exact) mass is 169 g/mol. The molecule has 70 valence electrons. The number of ether oxygens (including phenoxy) is 1. The maximum absolute atomic E-state index is 5.27. The lowest BCUT2D eigenvalue weighted by Gasteiger charge is -2.31. The molecule has 1 aliphatic rings. The standard InChI is InChI=1S/C10H19NO/c1-9(2)8-10(3)11-4-6-12-7-5-11/h9H,3-8H2,1-2H3. The van der Waals surface area contributed by atoms with Crippen LogP contribution in [0.3, 0.4) is 0 Å². The highest BCUT2D eigenvalue weighted by Crippen LogP contribution is 2.14. The number of hydrogen-bond donors (Lipinski definition) is 0. The zero-order valence-electron chi connectivity index (χ0n) is 8.18. The van der Waals surface area contributed by atoms with Crippen molar-refractivity contribution in [2.24, 2.45) is 5.92 Å². The maximum atomic E-state index is 5.27. The molecule has 2 heteroatoms. The van der Waals surface area contributed by atoms with E-state index in [1.807, 2.05) is 0 Å². The van der Waals surface area contributed by atoms with Crippen molar-refractivity contribution < 1.29 is 4.74 Å². The fraction of sp³-hybridized carbons (Fsp3) is 0.800. The van der Waals surface area contributed by atoms with Gasteiger partial charge in [-0.25, -0.2) is 0 Å². The number of hydrogen-bond acceptors (Lipinski definition) is 2. The summed E-state index contributed by atoms with van der Waals surface area (Å²) < 4.78 is 5.27. The van der Waals surface area contributed by atoms with Crippen molar-refractivity contribution in [2.75, 3.05) is 26.3 Å². The van der Waals surface area contributed by atoms with E-state index in [9.17, 15) is 0 Å². The van der Waals surface area contributed by atoms with E-state index in [-0.39, 0.29) is 0 Å². The zero-order valence-corrected chi connectivity index (χ0v) is 8.18. The fourth-order valence-electron chi connectivity index (χ4n) is 1.48. The van der Waals surface area contributed by atoms with Crippen molar-refractivity contribution in [3.63, 3.8) is 0 Å². The van der Waals surface area contributed by atoms with Gasteiger partial charge in [-0.1, -0.05) is 20.4 Å². The predicted octanol–water partition coefficient (Wildman–Crippen LogP) is 1.88. The predicted molar refractivity (Wildman–Crippen MR) is 51.0 cm³/mol. The zero-order chi connectivity index (χ0) is 8.97. The fourth-order valence-corrected chi connectivity index (χ4v) is 1.48. The summed E-state index contributed by atoms with van der Waals surface area (Å²) in [4.78, 5) is 2.34. The molecule has 1 fully saturated rings. The van der Waals surface area contributed by atoms with E-state index in [4.69, 9.17) is 4.74 Å². The molecule has 1 saturated heterocycles. The van der Waals surface area contributed by atoms with E-state index in [2.05, 4.69) is 25.3 Å². The summed E-state index contributed by atoms with van der Waals surface area (Å²) in [5.41, 5.74) is 1.27. The molecule has 0 aliphatic carbocycles. The van der Waals surface area contributed by atoms with Crippen LogP contribution in [0.1, 0.15) is 20.3 Å². The Labute approximate surface area is 75.2 Å². The van der Waals surface area contributed by atoms with Crippen LogP contribution in [0.2, 0.25) is 0 Å². The van der Waals surface area contributed by atoms with E-state index in [0.29, 0.717) is 5.92 Å². The minimum atomic E-state index is 0.709. The summed E-state index contributed by atoms with van der Waals surface area (Å²) in [5.74, 6) is 0.709. The lowest BCUT2D eigenvalue weighted by molar-refractivity contribution is 0.0515. The normalized spacial score (nSPS) is 18.4. The molecule has 0 atom stereocenters. The Morgan fingerprint density at radius 1 is 1.42 bits per heavy atom. The SMILES string of the molecule is C=C(CC(C)C)N1CCOCC1. The Balaban J connectivity index is 2.30. The number of allylic oxidation sites excluding steroid dienone is 1. The number of morpholine rings is 1. The molecule has 2 nitrogen and oxygen atoms in total. The van der Waals surface area contributed by atoms with Crippen LogP contribution in [0, 0.1) is 5.92 Å². The molecule has 0 saturated carbocycles. The van der Waals surface area contributed by atoms with Crippen LogP contribution in [0.4, 0.5) is 0 Å². The first kappa shape index (κ1) is 9.59. The van der Waals surface area contributed by atoms with Crippen LogP contribution >= 0.6 is 0 Å². The van der Waals surface area contributed by atoms with Gasteiger partial charge in [0.1, 0.15) is 0 Å². The quantitative estimate of drug-likeness (QED) is 0.639. The third-order valence-corrected chi connectivity index (χ3v) is 2.10. The van der Waals surface area contributed by atoms with Crippen molar-refractivity contribution in [1.29, 1.82) is 0 Å². The molecular formula is C10H19NO. The van der Waals surface area contributed by atoms with Crippen LogP contribution in [0.5, 0.6) is 0 Å². The molecule has 1 rings (SSSR count). The van der Waals surface area contributed by atoms with Crippen molar-refractivity contribution >= 4 is 0 Å². The van der Waals surface area contributed by atoms with Gasteiger partial charge >= 0.3 is 0 Å². The molecule has 0 aromatic rings. The van der Waals surface area contributed by atoms with Gasteiger partial charge in [-0.15, -0.1) is 0 Å². The first-order valence-electron chi connectivity index (χ1n) is 4.70. The van der Waals surface area contributed by atoms with E-state index in [1.165, 1.54) is 5.70 Å². The third-order valence-electron chi connectivity index (χ3n) is 2.10. The molecule has 0 aromatic heterocycles. The van der Waals surface area contributed by atoms with Crippen LogP contribution in [0.25, 0.3) is 0 Å². The average Bonchev–Trinajstić information content (AvgIpc) is 2.05. The molecule has 0 spiro atoms. The summed E-state index contributed by atoms with van der Waals surface area (Å²) in [6.45, 7) is 12.3. The molecule has 0 aromatic carbocycles. The van der Waals surface area contributed by atoms with Crippen molar-refractivity contribution in [1.82, 2.24) is 4.90 Å². The Hall–Kier alpha value is -0.500. The van der Waals surface area contributed by atoms with Gasteiger partial charge in [-0.05, 0) is 12.3 Å². The summed E-state index contributed by atoms with van der Waals surface area (Å²) in [6.07, 6.45) is 1.11. The second-order valence-electron chi connectivity index (χ2n) is 3.76. The topological polar surface area (TPSA) is 12.5 Å². The van der Waals surface area contributed by atoms with Gasteiger partial charge < -0.3 is 9.64 Å². The Morgan fingerprint density at radius 3 is 2.50 bits per heavy atom. The van der Waals surface area contributed by atoms with Crippen molar-refractivity contribution in [3.8, 4) is 0 Å². The highest BCUT2D eigenvalue weighted by atomic mass is 16.5. The molecule has 0 unspecified atom stereocenters. The molecule has 1 heterocycles. The lowest BCUT2D eigenvalue weighted by Crippen LogP contribution is -2.35. The van der Waals surface area contributed by atoms with Crippen LogP contribution in [-0.4, -0.2) is 31.2 Å². The summed E-state index contributed by atoms with van der Waals surface area (Å²) in [6, 6.07) is 0. The largest absolute Gasteiger partial charge is 0.378 e. The minimum Gasteiger partial charge on any atom is -0.378 e. The highest BCUT2D eigenvalue weighted by Gasteiger charge is 2.12. The number of nitrogens with zero attached hydrogens (tertiary/aromatic N) is 1. The Bertz CT molecular complexity index is 148. The maximum Gasteiger partial charge on any atom is 0.0642 e. The summed E-state index contributed by atoms with van der Waals surface area (Å²) in [7, 11) is 0.